The molecule has 57 heavy (non-hydrogen) atoms. The summed E-state index contributed by atoms with van der Waals surface area (Å²) in [5.74, 6) is -0.349. The van der Waals surface area contributed by atoms with Crippen molar-refractivity contribution in [3.05, 3.63) is 168 Å². The SMILES string of the molecule is [2H]C([2H])([2H])c1cc(-c2c(C(C)C)cccc2C([2H])(C)C)ccc1-n1c(-c2ccccc2O)nc2c(-c3cc(-c4cc(-c5ccccc5)ccn4)cc(C(C)(C)C)c3)cccc21. The lowest BCUT2D eigenvalue weighted by Crippen LogP contribution is -2.11. The molecule has 0 radical (unpaired) electrons. The fraction of sp³-hybridized carbons (Fsp3) is 0.208. The molecule has 0 aliphatic rings. The molecule has 4 heteroatoms. The Morgan fingerprint density at radius 2 is 1.37 bits per heavy atom. The van der Waals surface area contributed by atoms with E-state index in [2.05, 4.69) is 83.1 Å². The molecule has 4 nitrogen and oxygen atoms in total. The third kappa shape index (κ3) is 7.17. The van der Waals surface area contributed by atoms with Crippen LogP contribution in [-0.2, 0) is 5.41 Å². The first-order chi connectivity index (χ1) is 28.9. The average molecular weight is 750 g/mol. The maximum absolute atomic E-state index is 11.4. The third-order valence-corrected chi connectivity index (χ3v) is 10.9. The molecule has 0 spiro atoms. The summed E-state index contributed by atoms with van der Waals surface area (Å²) < 4.78 is 37.8. The molecule has 6 aromatic carbocycles. The van der Waals surface area contributed by atoms with E-state index in [0.717, 1.165) is 61.3 Å². The van der Waals surface area contributed by atoms with Crippen LogP contribution in [-0.4, -0.2) is 19.6 Å². The van der Waals surface area contributed by atoms with E-state index in [0.29, 0.717) is 28.1 Å². The normalized spacial score (nSPS) is 13.3. The number of aromatic nitrogens is 3. The van der Waals surface area contributed by atoms with Crippen LogP contribution in [0.3, 0.4) is 0 Å². The van der Waals surface area contributed by atoms with Crippen LogP contribution < -0.4 is 0 Å². The Hall–Kier alpha value is -6.26. The van der Waals surface area contributed by atoms with Crippen molar-refractivity contribution in [1.82, 2.24) is 14.5 Å². The van der Waals surface area contributed by atoms with Gasteiger partial charge in [0, 0.05) is 22.8 Å². The molecular formula is C53H51N3O. The highest BCUT2D eigenvalue weighted by Crippen LogP contribution is 2.42. The molecule has 0 atom stereocenters. The van der Waals surface area contributed by atoms with Crippen LogP contribution in [0.2, 0.25) is 0 Å². The summed E-state index contributed by atoms with van der Waals surface area (Å²) in [5, 5.41) is 11.4. The quantitative estimate of drug-likeness (QED) is 0.168. The predicted molar refractivity (Wildman–Crippen MR) is 239 cm³/mol. The highest BCUT2D eigenvalue weighted by atomic mass is 16.3. The summed E-state index contributed by atoms with van der Waals surface area (Å²) in [5.41, 5.74) is 12.6. The zero-order chi connectivity index (χ0) is 43.4. The minimum atomic E-state index is -2.53. The van der Waals surface area contributed by atoms with Gasteiger partial charge in [0.15, 0.2) is 0 Å². The Morgan fingerprint density at radius 3 is 2.11 bits per heavy atom. The first-order valence-electron chi connectivity index (χ1n) is 21.7. The maximum Gasteiger partial charge on any atom is 0.149 e. The summed E-state index contributed by atoms with van der Waals surface area (Å²) in [7, 11) is 0. The number of nitrogens with zero attached hydrogens (tertiary/aromatic N) is 3. The number of para-hydroxylation sites is 2. The van der Waals surface area contributed by atoms with E-state index in [9.17, 15) is 5.11 Å². The van der Waals surface area contributed by atoms with Crippen molar-refractivity contribution in [1.29, 1.82) is 0 Å². The monoisotopic (exact) mass is 749 g/mol. The fourth-order valence-corrected chi connectivity index (χ4v) is 7.86. The second-order valence-electron chi connectivity index (χ2n) is 16.5. The lowest BCUT2D eigenvalue weighted by atomic mass is 9.83. The average Bonchev–Trinajstić information content (AvgIpc) is 3.62. The van der Waals surface area contributed by atoms with Crippen molar-refractivity contribution >= 4 is 11.0 Å². The van der Waals surface area contributed by atoms with E-state index in [1.807, 2.05) is 91.3 Å². The van der Waals surface area contributed by atoms with E-state index in [-0.39, 0.29) is 22.6 Å². The van der Waals surface area contributed by atoms with Crippen LogP contribution in [0.25, 0.3) is 72.7 Å². The van der Waals surface area contributed by atoms with Crippen molar-refractivity contribution in [3.8, 4) is 67.5 Å². The lowest BCUT2D eigenvalue weighted by molar-refractivity contribution is 0.477. The summed E-state index contributed by atoms with van der Waals surface area (Å²) in [6.07, 6.45) is 1.85. The highest BCUT2D eigenvalue weighted by Gasteiger charge is 2.24. The van der Waals surface area contributed by atoms with E-state index < -0.39 is 12.7 Å². The number of fused-ring (bicyclic) bond motifs is 1. The van der Waals surface area contributed by atoms with Crippen LogP contribution >= 0.6 is 0 Å². The van der Waals surface area contributed by atoms with Gasteiger partial charge in [-0.1, -0.05) is 133 Å². The fourth-order valence-electron chi connectivity index (χ4n) is 7.86. The van der Waals surface area contributed by atoms with Gasteiger partial charge < -0.3 is 5.11 Å². The number of hydrogen-bond donors (Lipinski definition) is 1. The van der Waals surface area contributed by atoms with Crippen LogP contribution in [0.5, 0.6) is 5.75 Å². The summed E-state index contributed by atoms with van der Waals surface area (Å²) in [6, 6.07) is 45.6. The Kier molecular flexibility index (Phi) is 8.67. The number of pyridine rings is 1. The molecular weight excluding hydrogens is 695 g/mol. The Bertz CT molecular complexity index is 2910. The molecule has 0 saturated heterocycles. The Balaban J connectivity index is 1.39. The van der Waals surface area contributed by atoms with E-state index >= 15 is 0 Å². The first-order valence-corrected chi connectivity index (χ1v) is 19.7. The summed E-state index contributed by atoms with van der Waals surface area (Å²) in [4.78, 5) is 10.2. The molecule has 0 unspecified atom stereocenters. The number of aromatic hydroxyl groups is 1. The number of imidazole rings is 1. The van der Waals surface area contributed by atoms with Crippen molar-refractivity contribution in [3.63, 3.8) is 0 Å². The number of aryl methyl sites for hydroxylation is 1. The lowest BCUT2D eigenvalue weighted by Gasteiger charge is -2.22. The van der Waals surface area contributed by atoms with E-state index in [1.165, 1.54) is 0 Å². The smallest absolute Gasteiger partial charge is 0.149 e. The van der Waals surface area contributed by atoms with Gasteiger partial charge in [0.2, 0.25) is 0 Å². The number of phenols is 1. The molecule has 0 aliphatic carbocycles. The number of phenolic OH excluding ortho intramolecular Hbond substituents is 1. The van der Waals surface area contributed by atoms with Crippen LogP contribution in [0, 0.1) is 6.85 Å². The van der Waals surface area contributed by atoms with Gasteiger partial charge in [-0.3, -0.25) is 9.55 Å². The number of benzene rings is 6. The molecule has 2 heterocycles. The third-order valence-electron chi connectivity index (χ3n) is 10.9. The molecule has 8 aromatic rings. The first kappa shape index (κ1) is 32.9. The van der Waals surface area contributed by atoms with Crippen molar-refractivity contribution in [2.24, 2.45) is 0 Å². The highest BCUT2D eigenvalue weighted by molar-refractivity contribution is 5.97. The molecule has 0 fully saturated rings. The molecule has 1 N–H and O–H groups in total. The van der Waals surface area contributed by atoms with Gasteiger partial charge in [-0.2, -0.15) is 0 Å². The van der Waals surface area contributed by atoms with E-state index in [1.54, 1.807) is 24.3 Å². The molecule has 0 saturated carbocycles. The van der Waals surface area contributed by atoms with E-state index in [4.69, 9.17) is 15.5 Å². The molecule has 2 aromatic heterocycles. The second-order valence-corrected chi connectivity index (χ2v) is 16.5. The van der Waals surface area contributed by atoms with Gasteiger partial charge in [0.1, 0.15) is 11.6 Å². The number of hydrogen-bond acceptors (Lipinski definition) is 3. The summed E-state index contributed by atoms with van der Waals surface area (Å²) in [6.45, 7) is 12.0. The van der Waals surface area contributed by atoms with Crippen LogP contribution in [0.4, 0.5) is 0 Å². The zero-order valence-corrected chi connectivity index (χ0v) is 33.7. The van der Waals surface area contributed by atoms with Gasteiger partial charge in [-0.05, 0) is 129 Å². The molecule has 0 bridgehead atoms. The molecule has 284 valence electrons. The number of rotatable bonds is 8. The standard InChI is InChI=1S/C53H51N3O/c1-33(2)42-19-14-20-43(34(3)4)50(42)38-24-25-47(35(5)28-38)56-48-22-15-21-44(51(48)55-52(56)45-18-12-13-23-49(45)57)39-29-40(31-41(30-39)53(6,7)8)46-32-37(26-27-54-46)36-16-10-9-11-17-36/h9-34,57H,1-8H3/i5D3,33D. The van der Waals surface area contributed by atoms with Crippen molar-refractivity contribution in [2.45, 2.75) is 72.5 Å². The van der Waals surface area contributed by atoms with Crippen LogP contribution in [0.1, 0.15) is 88.0 Å². The Morgan fingerprint density at radius 1 is 0.649 bits per heavy atom. The topological polar surface area (TPSA) is 50.9 Å². The minimum Gasteiger partial charge on any atom is -0.507 e. The van der Waals surface area contributed by atoms with Gasteiger partial charge in [0.05, 0.1) is 28.0 Å². The predicted octanol–water partition coefficient (Wildman–Crippen LogP) is 14.3. The second kappa shape index (κ2) is 15.0. The molecule has 0 amide bonds. The van der Waals surface area contributed by atoms with Crippen molar-refractivity contribution < 1.29 is 10.6 Å². The van der Waals surface area contributed by atoms with Gasteiger partial charge in [-0.25, -0.2) is 4.98 Å². The molecule has 0 aliphatic heterocycles. The van der Waals surface area contributed by atoms with Gasteiger partial charge in [-0.15, -0.1) is 0 Å². The molecule has 8 rings (SSSR count). The largest absolute Gasteiger partial charge is 0.507 e. The maximum atomic E-state index is 11.4. The summed E-state index contributed by atoms with van der Waals surface area (Å²) >= 11 is 0. The zero-order valence-electron chi connectivity index (χ0n) is 37.7. The van der Waals surface area contributed by atoms with Crippen molar-refractivity contribution in [2.75, 3.05) is 0 Å². The minimum absolute atomic E-state index is 0.0298. The van der Waals surface area contributed by atoms with Gasteiger partial charge >= 0.3 is 0 Å². The van der Waals surface area contributed by atoms with Crippen LogP contribution in [0.15, 0.2) is 146 Å². The Labute approximate surface area is 343 Å². The van der Waals surface area contributed by atoms with Gasteiger partial charge in [0.25, 0.3) is 0 Å².